The van der Waals surface area contributed by atoms with Gasteiger partial charge in [0.1, 0.15) is 12.0 Å². The number of benzene rings is 1. The van der Waals surface area contributed by atoms with Crippen LogP contribution in [0, 0.1) is 0 Å². The number of aldehydes is 1. The smallest absolute Gasteiger partial charge is 0.201 e. The first-order chi connectivity index (χ1) is 6.26. The summed E-state index contributed by atoms with van der Waals surface area (Å²) in [5.74, 6) is 0.238. The zero-order valence-electron chi connectivity index (χ0n) is 6.61. The van der Waals surface area contributed by atoms with Crippen molar-refractivity contribution in [2.24, 2.45) is 0 Å². The first kappa shape index (κ1) is 9.61. The highest BCUT2D eigenvalue weighted by molar-refractivity contribution is 6.30. The van der Waals surface area contributed by atoms with Crippen molar-refractivity contribution in [1.82, 2.24) is 0 Å². The minimum atomic E-state index is -0.165. The molecule has 1 aromatic rings. The Balaban J connectivity index is 2.79. The van der Waals surface area contributed by atoms with Crippen molar-refractivity contribution >= 4 is 17.9 Å². The summed E-state index contributed by atoms with van der Waals surface area (Å²) in [5.41, 5.74) is 0. The Morgan fingerprint density at radius 1 is 1.54 bits per heavy atom. The predicted octanol–water partition coefficient (Wildman–Crippen LogP) is 2.32. The summed E-state index contributed by atoms with van der Waals surface area (Å²) in [7, 11) is 0. The molecule has 3 nitrogen and oxygen atoms in total. The Hall–Kier alpha value is -1.48. The number of hydrogen-bond donors (Lipinski definition) is 1. The number of halogens is 1. The van der Waals surface area contributed by atoms with Crippen molar-refractivity contribution < 1.29 is 14.6 Å². The molecule has 0 amide bonds. The SMILES string of the molecule is O=C/C(=C\O)Oc1cccc(Cl)c1. The zero-order chi connectivity index (χ0) is 9.68. The summed E-state index contributed by atoms with van der Waals surface area (Å²) in [6, 6.07) is 6.52. The molecular formula is C9H7ClO3. The van der Waals surface area contributed by atoms with Crippen LogP contribution in [-0.2, 0) is 4.79 Å². The summed E-state index contributed by atoms with van der Waals surface area (Å²) >= 11 is 5.66. The van der Waals surface area contributed by atoms with E-state index in [9.17, 15) is 4.79 Å². The number of carbonyl (C=O) groups is 1. The molecule has 1 N–H and O–H groups in total. The van der Waals surface area contributed by atoms with E-state index in [4.69, 9.17) is 21.4 Å². The van der Waals surface area contributed by atoms with Crippen LogP contribution in [0.15, 0.2) is 36.3 Å². The molecule has 0 saturated heterocycles. The standard InChI is InChI=1S/C9H7ClO3/c10-7-2-1-3-8(4-7)13-9(5-11)6-12/h1-6,11H/b9-5+. The van der Waals surface area contributed by atoms with Gasteiger partial charge in [-0.2, -0.15) is 0 Å². The fraction of sp³-hybridized carbons (Fsp3) is 0. The maximum absolute atomic E-state index is 10.2. The van der Waals surface area contributed by atoms with E-state index in [-0.39, 0.29) is 5.76 Å². The van der Waals surface area contributed by atoms with Gasteiger partial charge in [0.05, 0.1) is 0 Å². The van der Waals surface area contributed by atoms with Crippen LogP contribution in [-0.4, -0.2) is 11.4 Å². The van der Waals surface area contributed by atoms with Gasteiger partial charge in [-0.25, -0.2) is 0 Å². The fourth-order valence-electron chi connectivity index (χ4n) is 0.747. The molecule has 0 radical (unpaired) electrons. The summed E-state index contributed by atoms with van der Waals surface area (Å²) in [6.45, 7) is 0. The third kappa shape index (κ3) is 2.80. The number of aliphatic hydroxyl groups is 1. The highest BCUT2D eigenvalue weighted by Gasteiger charge is 1.99. The lowest BCUT2D eigenvalue weighted by atomic mass is 10.3. The van der Waals surface area contributed by atoms with Crippen LogP contribution in [0.2, 0.25) is 5.02 Å². The largest absolute Gasteiger partial charge is 0.512 e. The molecule has 0 aliphatic heterocycles. The Kier molecular flexibility index (Phi) is 3.34. The monoisotopic (exact) mass is 198 g/mol. The van der Waals surface area contributed by atoms with E-state index in [1.165, 1.54) is 6.07 Å². The molecule has 0 atom stereocenters. The number of hydrogen-bond acceptors (Lipinski definition) is 3. The molecule has 0 aliphatic rings. The lowest BCUT2D eigenvalue weighted by Crippen LogP contribution is -1.95. The molecule has 68 valence electrons. The lowest BCUT2D eigenvalue weighted by Gasteiger charge is -2.02. The molecule has 4 heteroatoms. The Morgan fingerprint density at radius 3 is 2.85 bits per heavy atom. The van der Waals surface area contributed by atoms with Gasteiger partial charge in [0.15, 0.2) is 6.29 Å². The molecule has 0 unspecified atom stereocenters. The topological polar surface area (TPSA) is 46.5 Å². The average molecular weight is 199 g/mol. The normalized spacial score (nSPS) is 11.0. The minimum Gasteiger partial charge on any atom is -0.512 e. The van der Waals surface area contributed by atoms with Gasteiger partial charge >= 0.3 is 0 Å². The summed E-state index contributed by atoms with van der Waals surface area (Å²) in [4.78, 5) is 10.2. The summed E-state index contributed by atoms with van der Waals surface area (Å²) in [6.07, 6.45) is 0.995. The Morgan fingerprint density at radius 2 is 2.31 bits per heavy atom. The van der Waals surface area contributed by atoms with Crippen LogP contribution < -0.4 is 4.74 Å². The van der Waals surface area contributed by atoms with E-state index >= 15 is 0 Å². The minimum absolute atomic E-state index is 0.165. The number of rotatable bonds is 3. The molecule has 1 aromatic carbocycles. The highest BCUT2D eigenvalue weighted by Crippen LogP contribution is 2.18. The summed E-state index contributed by atoms with van der Waals surface area (Å²) in [5, 5.41) is 9.01. The molecule has 0 aliphatic carbocycles. The molecular weight excluding hydrogens is 192 g/mol. The van der Waals surface area contributed by atoms with E-state index in [0.29, 0.717) is 23.3 Å². The fourth-order valence-corrected chi connectivity index (χ4v) is 0.928. The van der Waals surface area contributed by atoms with E-state index in [0.717, 1.165) is 0 Å². The van der Waals surface area contributed by atoms with Crippen molar-refractivity contribution in [3.05, 3.63) is 41.3 Å². The van der Waals surface area contributed by atoms with Gasteiger partial charge in [-0.15, -0.1) is 0 Å². The van der Waals surface area contributed by atoms with Crippen LogP contribution in [0.25, 0.3) is 0 Å². The van der Waals surface area contributed by atoms with Crippen LogP contribution in [0.4, 0.5) is 0 Å². The zero-order valence-corrected chi connectivity index (χ0v) is 7.36. The number of allylic oxidation sites excluding steroid dienone is 1. The van der Waals surface area contributed by atoms with Crippen LogP contribution in [0.3, 0.4) is 0 Å². The number of carbonyl (C=O) groups excluding carboxylic acids is 1. The maximum atomic E-state index is 10.2. The van der Waals surface area contributed by atoms with Gasteiger partial charge in [0.25, 0.3) is 0 Å². The Bertz CT molecular complexity index is 333. The van der Waals surface area contributed by atoms with Gasteiger partial charge in [0.2, 0.25) is 5.76 Å². The molecule has 0 fully saturated rings. The van der Waals surface area contributed by atoms with Crippen molar-refractivity contribution in [3.8, 4) is 5.75 Å². The first-order valence-corrected chi connectivity index (χ1v) is 3.87. The highest BCUT2D eigenvalue weighted by atomic mass is 35.5. The molecule has 0 aromatic heterocycles. The van der Waals surface area contributed by atoms with Crippen molar-refractivity contribution in [2.75, 3.05) is 0 Å². The number of aliphatic hydroxyl groups excluding tert-OH is 1. The van der Waals surface area contributed by atoms with Gasteiger partial charge in [-0.05, 0) is 18.2 Å². The van der Waals surface area contributed by atoms with Gasteiger partial charge in [-0.3, -0.25) is 4.79 Å². The van der Waals surface area contributed by atoms with E-state index in [1.807, 2.05) is 0 Å². The second kappa shape index (κ2) is 4.52. The first-order valence-electron chi connectivity index (χ1n) is 3.49. The molecule has 0 bridgehead atoms. The van der Waals surface area contributed by atoms with E-state index in [2.05, 4.69) is 0 Å². The van der Waals surface area contributed by atoms with Gasteiger partial charge < -0.3 is 9.84 Å². The quantitative estimate of drug-likeness (QED) is 0.461. The van der Waals surface area contributed by atoms with Gasteiger partial charge in [0, 0.05) is 5.02 Å². The molecule has 0 saturated carbocycles. The summed E-state index contributed by atoms with van der Waals surface area (Å²) < 4.78 is 4.95. The molecule has 0 spiro atoms. The van der Waals surface area contributed by atoms with Crippen molar-refractivity contribution in [2.45, 2.75) is 0 Å². The van der Waals surface area contributed by atoms with E-state index in [1.54, 1.807) is 18.2 Å². The molecule has 13 heavy (non-hydrogen) atoms. The van der Waals surface area contributed by atoms with Gasteiger partial charge in [-0.1, -0.05) is 17.7 Å². The lowest BCUT2D eigenvalue weighted by molar-refractivity contribution is -0.106. The maximum Gasteiger partial charge on any atom is 0.201 e. The number of ether oxygens (including phenoxy) is 1. The van der Waals surface area contributed by atoms with Crippen LogP contribution in [0.1, 0.15) is 0 Å². The van der Waals surface area contributed by atoms with Crippen molar-refractivity contribution in [3.63, 3.8) is 0 Å². The predicted molar refractivity (Wildman–Crippen MR) is 48.9 cm³/mol. The Labute approximate surface area is 80.2 Å². The van der Waals surface area contributed by atoms with Crippen LogP contribution in [0.5, 0.6) is 5.75 Å². The third-order valence-electron chi connectivity index (χ3n) is 1.28. The van der Waals surface area contributed by atoms with E-state index < -0.39 is 0 Å². The molecule has 1 rings (SSSR count). The van der Waals surface area contributed by atoms with Crippen LogP contribution >= 0.6 is 11.6 Å². The third-order valence-corrected chi connectivity index (χ3v) is 1.51. The van der Waals surface area contributed by atoms with Crippen molar-refractivity contribution in [1.29, 1.82) is 0 Å². The second-order valence-electron chi connectivity index (χ2n) is 2.21. The second-order valence-corrected chi connectivity index (χ2v) is 2.65. The molecule has 0 heterocycles. The average Bonchev–Trinajstić information content (AvgIpc) is 2.14.